The molecule has 11 heavy (non-hydrogen) atoms. The van der Waals surface area contributed by atoms with E-state index >= 15 is 0 Å². The average molecular weight is 158 g/mol. The second kappa shape index (κ2) is 5.39. The quantitative estimate of drug-likeness (QED) is 0.157. The summed E-state index contributed by atoms with van der Waals surface area (Å²) >= 11 is 0. The van der Waals surface area contributed by atoms with Crippen LogP contribution in [0, 0.1) is 0 Å². The summed E-state index contributed by atoms with van der Waals surface area (Å²) in [5.74, 6) is 4.27. The van der Waals surface area contributed by atoms with E-state index in [1.165, 1.54) is 0 Å². The van der Waals surface area contributed by atoms with Crippen LogP contribution in [0.15, 0.2) is 12.3 Å². The highest BCUT2D eigenvalue weighted by Gasteiger charge is 2.02. The van der Waals surface area contributed by atoms with Crippen LogP contribution in [0.3, 0.4) is 0 Å². The topological polar surface area (TPSA) is 96.2 Å². The van der Waals surface area contributed by atoms with Crippen LogP contribution in [-0.4, -0.2) is 18.7 Å². The zero-order chi connectivity index (χ0) is 8.69. The molecule has 0 radical (unpaired) electrons. The van der Waals surface area contributed by atoms with Crippen LogP contribution >= 0.6 is 0 Å². The summed E-state index contributed by atoms with van der Waals surface area (Å²) in [6, 6.07) is 0. The van der Waals surface area contributed by atoms with Crippen molar-refractivity contribution in [2.45, 2.75) is 0 Å². The smallest absolute Gasteiger partial charge is 0.281 e. The van der Waals surface area contributed by atoms with Crippen molar-refractivity contribution in [2.75, 3.05) is 6.54 Å². The van der Waals surface area contributed by atoms with Gasteiger partial charge in [-0.05, 0) is 0 Å². The monoisotopic (exact) mass is 158 g/mol. The molecule has 0 aliphatic carbocycles. The highest BCUT2D eigenvalue weighted by atomic mass is 16.2. The van der Waals surface area contributed by atoms with Crippen molar-refractivity contribution >= 4 is 12.2 Å². The van der Waals surface area contributed by atoms with E-state index in [9.17, 15) is 9.59 Å². The highest BCUT2D eigenvalue weighted by Crippen LogP contribution is 1.79. The number of nitrogens with one attached hydrogen (secondary N) is 3. The number of carbonyl (C=O) groups excluding carboxylic acids is 2. The molecule has 62 valence electrons. The maximum atomic E-state index is 10.7. The molecule has 0 rings (SSSR count). The summed E-state index contributed by atoms with van der Waals surface area (Å²) in [5.41, 5.74) is 4.08. The third kappa shape index (κ3) is 4.06. The molecule has 0 atom stereocenters. The zero-order valence-electron chi connectivity index (χ0n) is 5.89. The van der Waals surface area contributed by atoms with Crippen molar-refractivity contribution in [3.63, 3.8) is 0 Å². The van der Waals surface area contributed by atoms with E-state index in [1.54, 1.807) is 0 Å². The van der Waals surface area contributed by atoms with Gasteiger partial charge in [-0.1, -0.05) is 6.58 Å². The maximum absolute atomic E-state index is 10.7. The van der Waals surface area contributed by atoms with E-state index in [0.29, 0.717) is 6.29 Å². The number of amides is 1. The summed E-state index contributed by atoms with van der Waals surface area (Å²) < 4.78 is 0. The van der Waals surface area contributed by atoms with Crippen LogP contribution in [-0.2, 0) is 9.59 Å². The van der Waals surface area contributed by atoms with Crippen LogP contribution in [0.4, 0.5) is 0 Å². The van der Waals surface area contributed by atoms with Gasteiger partial charge in [-0.3, -0.25) is 16.1 Å². The fourth-order valence-corrected chi connectivity index (χ4v) is 0.386. The molecule has 0 saturated carbocycles. The summed E-state index contributed by atoms with van der Waals surface area (Å²) in [7, 11) is 0. The summed E-state index contributed by atoms with van der Waals surface area (Å²) in [6.45, 7) is 3.39. The van der Waals surface area contributed by atoms with Crippen LogP contribution in [0.2, 0.25) is 0 Å². The van der Waals surface area contributed by atoms with Crippen molar-refractivity contribution in [2.24, 2.45) is 5.84 Å². The lowest BCUT2D eigenvalue weighted by atomic mass is 10.4. The first-order valence-corrected chi connectivity index (χ1v) is 2.84. The van der Waals surface area contributed by atoms with E-state index in [4.69, 9.17) is 5.84 Å². The predicted molar refractivity (Wildman–Crippen MR) is 38.7 cm³/mol. The Balaban J connectivity index is 3.64. The fraction of sp³-hybridized carbons (Fsp3) is 0.200. The third-order valence-corrected chi connectivity index (χ3v) is 0.859. The van der Waals surface area contributed by atoms with Gasteiger partial charge in [-0.15, -0.1) is 0 Å². The molecule has 5 N–H and O–H groups in total. The van der Waals surface area contributed by atoms with Crippen LogP contribution in [0.1, 0.15) is 0 Å². The first kappa shape index (κ1) is 9.60. The Morgan fingerprint density at radius 3 is 2.73 bits per heavy atom. The second-order valence-electron chi connectivity index (χ2n) is 1.62. The SMILES string of the molecule is C=C(NCC=O)C(=O)NNN. The zero-order valence-corrected chi connectivity index (χ0v) is 5.89. The van der Waals surface area contributed by atoms with E-state index < -0.39 is 5.91 Å². The number of nitrogens with two attached hydrogens (primary N) is 1. The van der Waals surface area contributed by atoms with Gasteiger partial charge in [0, 0.05) is 0 Å². The van der Waals surface area contributed by atoms with Gasteiger partial charge < -0.3 is 10.1 Å². The molecule has 0 aliphatic rings. The highest BCUT2D eigenvalue weighted by molar-refractivity contribution is 5.91. The average Bonchev–Trinajstić information content (AvgIpc) is 2.00. The molecule has 0 aromatic rings. The molecule has 0 aromatic carbocycles. The largest absolute Gasteiger partial charge is 0.374 e. The Labute approximate surface area is 63.8 Å². The Morgan fingerprint density at radius 2 is 2.27 bits per heavy atom. The predicted octanol–water partition coefficient (Wildman–Crippen LogP) is -2.22. The lowest BCUT2D eigenvalue weighted by molar-refractivity contribution is -0.118. The Bertz CT molecular complexity index is 168. The molecule has 6 heteroatoms. The molecular formula is C5H10N4O2. The Morgan fingerprint density at radius 1 is 1.64 bits per heavy atom. The maximum Gasteiger partial charge on any atom is 0.281 e. The van der Waals surface area contributed by atoms with E-state index in [1.807, 2.05) is 5.53 Å². The van der Waals surface area contributed by atoms with Crippen molar-refractivity contribution in [3.05, 3.63) is 12.3 Å². The summed E-state index contributed by atoms with van der Waals surface area (Å²) in [4.78, 5) is 20.5. The third-order valence-electron chi connectivity index (χ3n) is 0.859. The number of carbonyl (C=O) groups is 2. The number of hydrogen-bond acceptors (Lipinski definition) is 5. The van der Waals surface area contributed by atoms with E-state index in [-0.39, 0.29) is 12.2 Å². The first-order valence-electron chi connectivity index (χ1n) is 2.84. The lowest BCUT2D eigenvalue weighted by Gasteiger charge is -2.05. The summed E-state index contributed by atoms with van der Waals surface area (Å²) in [6.07, 6.45) is 0.619. The first-order chi connectivity index (χ1) is 5.22. The van der Waals surface area contributed by atoms with Crippen molar-refractivity contribution in [3.8, 4) is 0 Å². The van der Waals surface area contributed by atoms with Gasteiger partial charge in [0.2, 0.25) is 0 Å². The van der Waals surface area contributed by atoms with E-state index in [0.717, 1.165) is 0 Å². The number of hydrogen-bond donors (Lipinski definition) is 4. The minimum Gasteiger partial charge on any atom is -0.374 e. The minimum absolute atomic E-state index is 0.0524. The molecule has 0 fully saturated rings. The Kier molecular flexibility index (Phi) is 4.70. The molecule has 0 heterocycles. The molecule has 0 unspecified atom stereocenters. The molecule has 0 saturated heterocycles. The Hall–Kier alpha value is -1.40. The van der Waals surface area contributed by atoms with Gasteiger partial charge in [0.1, 0.15) is 6.29 Å². The number of aldehydes is 1. The van der Waals surface area contributed by atoms with Gasteiger partial charge in [0.25, 0.3) is 5.91 Å². The molecule has 0 aromatic heterocycles. The summed E-state index contributed by atoms with van der Waals surface area (Å²) in [5, 5.41) is 2.45. The van der Waals surface area contributed by atoms with Crippen LogP contribution in [0.25, 0.3) is 0 Å². The van der Waals surface area contributed by atoms with Crippen molar-refractivity contribution in [1.29, 1.82) is 0 Å². The van der Waals surface area contributed by atoms with Gasteiger partial charge in [0.15, 0.2) is 0 Å². The fourth-order valence-electron chi connectivity index (χ4n) is 0.386. The molecule has 0 spiro atoms. The number of rotatable bonds is 5. The van der Waals surface area contributed by atoms with Crippen LogP contribution in [0.5, 0.6) is 0 Å². The van der Waals surface area contributed by atoms with E-state index in [2.05, 4.69) is 17.3 Å². The normalized spacial score (nSPS) is 8.45. The second-order valence-corrected chi connectivity index (χ2v) is 1.62. The van der Waals surface area contributed by atoms with Crippen molar-refractivity contribution in [1.82, 2.24) is 16.3 Å². The lowest BCUT2D eigenvalue weighted by Crippen LogP contribution is -2.44. The molecule has 6 nitrogen and oxygen atoms in total. The molecule has 1 amide bonds. The minimum atomic E-state index is -0.505. The van der Waals surface area contributed by atoms with Crippen molar-refractivity contribution < 1.29 is 9.59 Å². The van der Waals surface area contributed by atoms with Crippen LogP contribution < -0.4 is 22.1 Å². The number of hydrazine groups is 2. The standard InChI is InChI=1S/C5H10N4O2/c1-4(7-2-3-10)5(11)8-9-6/h3,7,9H,1-2,6H2,(H,8,11). The van der Waals surface area contributed by atoms with Gasteiger partial charge in [-0.25, -0.2) is 0 Å². The van der Waals surface area contributed by atoms with Gasteiger partial charge in [-0.2, -0.15) is 5.53 Å². The molecule has 0 aliphatic heterocycles. The van der Waals surface area contributed by atoms with Gasteiger partial charge >= 0.3 is 0 Å². The molecule has 0 bridgehead atoms. The van der Waals surface area contributed by atoms with Gasteiger partial charge in [0.05, 0.1) is 12.2 Å². The molecular weight excluding hydrogens is 148 g/mol.